The third-order valence-corrected chi connectivity index (χ3v) is 6.73. The van der Waals surface area contributed by atoms with Crippen LogP contribution in [0.2, 0.25) is 10.0 Å². The summed E-state index contributed by atoms with van der Waals surface area (Å²) in [6, 6.07) is 10.1. The summed E-state index contributed by atoms with van der Waals surface area (Å²) in [5.41, 5.74) is 2.89. The van der Waals surface area contributed by atoms with Crippen molar-refractivity contribution in [3.05, 3.63) is 68.7 Å². The van der Waals surface area contributed by atoms with Gasteiger partial charge < -0.3 is 10.1 Å². The van der Waals surface area contributed by atoms with E-state index in [0.717, 1.165) is 17.5 Å². The summed E-state index contributed by atoms with van der Waals surface area (Å²) in [5, 5.41) is 5.33. The van der Waals surface area contributed by atoms with Crippen LogP contribution in [0.4, 0.5) is 4.79 Å². The first-order valence-electron chi connectivity index (χ1n) is 10.8. The summed E-state index contributed by atoms with van der Waals surface area (Å²) in [7, 11) is 1.81. The molecule has 0 radical (unpaired) electrons. The quantitative estimate of drug-likeness (QED) is 0.375. The van der Waals surface area contributed by atoms with E-state index >= 15 is 0 Å². The lowest BCUT2D eigenvalue weighted by Gasteiger charge is -2.32. The molecule has 178 valence electrons. The highest BCUT2D eigenvalue weighted by molar-refractivity contribution is 6.36. The van der Waals surface area contributed by atoms with Crippen LogP contribution in [0.3, 0.4) is 0 Å². The van der Waals surface area contributed by atoms with Crippen LogP contribution in [-0.4, -0.2) is 42.4 Å². The van der Waals surface area contributed by atoms with Crippen molar-refractivity contribution >= 4 is 47.1 Å². The van der Waals surface area contributed by atoms with Gasteiger partial charge in [-0.05, 0) is 48.7 Å². The molecule has 0 bridgehead atoms. The van der Waals surface area contributed by atoms with E-state index in [9.17, 15) is 19.2 Å². The predicted molar refractivity (Wildman–Crippen MR) is 125 cm³/mol. The molecule has 34 heavy (non-hydrogen) atoms. The summed E-state index contributed by atoms with van der Waals surface area (Å²) in [6.07, 6.45) is 0.448. The lowest BCUT2D eigenvalue weighted by molar-refractivity contribution is -0.143. The van der Waals surface area contributed by atoms with Crippen LogP contribution >= 0.6 is 23.2 Å². The number of ether oxygens (including phenoxy) is 1. The molecular weight excluding hydrogens is 481 g/mol. The average molecular weight is 504 g/mol. The van der Waals surface area contributed by atoms with Gasteiger partial charge in [0, 0.05) is 35.1 Å². The highest BCUT2D eigenvalue weighted by atomic mass is 35.5. The summed E-state index contributed by atoms with van der Waals surface area (Å²) < 4.78 is 5.06. The molecule has 2 aromatic carbocycles. The third kappa shape index (κ3) is 5.09. The Morgan fingerprint density at radius 2 is 1.85 bits per heavy atom. The number of fused-ring (bicyclic) bond motifs is 1. The number of alkyl carbamates (subject to hydrolysis) is 1. The zero-order valence-electron chi connectivity index (χ0n) is 18.4. The Balaban J connectivity index is 1.39. The standard InChI is InChI=1S/C24H23Cl2N3O5/c1-29-9-8-14-4-2-3-5-15(14)21(29)23(32)34-24(33)27-12-13-10-17(25)20(18(26)11-13)16-6-7-19(30)28-22(16)31/h2-5,10-11,16,21H,6-9,12H2,1H3,(H,27,33)(H,28,30,31). The first-order valence-corrected chi connectivity index (χ1v) is 11.6. The van der Waals surface area contributed by atoms with Crippen molar-refractivity contribution in [1.82, 2.24) is 15.5 Å². The number of carbonyl (C=O) groups is 4. The SMILES string of the molecule is CN1CCc2ccccc2C1C(=O)OC(=O)NCc1cc(Cl)c(C2CCC(=O)NC2=O)c(Cl)c1. The Morgan fingerprint density at radius 3 is 2.56 bits per heavy atom. The van der Waals surface area contributed by atoms with Crippen LogP contribution < -0.4 is 10.6 Å². The number of hydrogen-bond donors (Lipinski definition) is 2. The second-order valence-corrected chi connectivity index (χ2v) is 9.19. The fourth-order valence-electron chi connectivity index (χ4n) is 4.40. The number of halogens is 2. The molecule has 2 aliphatic heterocycles. The van der Waals surface area contributed by atoms with E-state index in [2.05, 4.69) is 10.6 Å². The maximum Gasteiger partial charge on any atom is 0.415 e. The maximum absolute atomic E-state index is 12.7. The molecule has 10 heteroatoms. The number of piperidine rings is 1. The molecule has 0 aromatic heterocycles. The Hall–Kier alpha value is -2.94. The minimum Gasteiger partial charge on any atom is -0.375 e. The number of nitrogens with one attached hydrogen (secondary N) is 2. The lowest BCUT2D eigenvalue weighted by Crippen LogP contribution is -2.40. The van der Waals surface area contributed by atoms with Crippen LogP contribution in [-0.2, 0) is 32.1 Å². The van der Waals surface area contributed by atoms with Gasteiger partial charge in [0.2, 0.25) is 11.8 Å². The molecule has 2 aromatic rings. The first-order chi connectivity index (χ1) is 16.2. The van der Waals surface area contributed by atoms with Crippen molar-refractivity contribution < 1.29 is 23.9 Å². The molecule has 0 spiro atoms. The topological polar surface area (TPSA) is 105 Å². The van der Waals surface area contributed by atoms with Crippen LogP contribution in [0, 0.1) is 0 Å². The molecule has 2 unspecified atom stereocenters. The number of nitrogens with zero attached hydrogens (tertiary/aromatic N) is 1. The maximum atomic E-state index is 12.7. The van der Waals surface area contributed by atoms with Gasteiger partial charge in [0.05, 0.1) is 5.92 Å². The smallest absolute Gasteiger partial charge is 0.375 e. The molecule has 3 amide bonds. The minimum atomic E-state index is -0.886. The van der Waals surface area contributed by atoms with Gasteiger partial charge >= 0.3 is 12.1 Å². The molecular formula is C24H23Cl2N3O5. The number of esters is 1. The molecule has 0 saturated carbocycles. The van der Waals surface area contributed by atoms with E-state index < -0.39 is 29.9 Å². The average Bonchev–Trinajstić information content (AvgIpc) is 2.78. The van der Waals surface area contributed by atoms with Gasteiger partial charge in [0.15, 0.2) is 0 Å². The van der Waals surface area contributed by atoms with Crippen molar-refractivity contribution in [2.24, 2.45) is 0 Å². The summed E-state index contributed by atoms with van der Waals surface area (Å²) >= 11 is 12.8. The van der Waals surface area contributed by atoms with E-state index in [1.165, 1.54) is 0 Å². The van der Waals surface area contributed by atoms with Gasteiger partial charge in [-0.3, -0.25) is 19.8 Å². The van der Waals surface area contributed by atoms with E-state index in [1.807, 2.05) is 36.2 Å². The largest absolute Gasteiger partial charge is 0.415 e. The van der Waals surface area contributed by atoms with E-state index in [1.54, 1.807) is 12.1 Å². The van der Waals surface area contributed by atoms with Crippen LogP contribution in [0.15, 0.2) is 36.4 Å². The summed E-state index contributed by atoms with van der Waals surface area (Å²) in [4.78, 5) is 50.5. The van der Waals surface area contributed by atoms with Crippen molar-refractivity contribution in [3.8, 4) is 0 Å². The number of hydrogen-bond acceptors (Lipinski definition) is 6. The first kappa shape index (κ1) is 24.2. The van der Waals surface area contributed by atoms with Crippen molar-refractivity contribution in [3.63, 3.8) is 0 Å². The summed E-state index contributed by atoms with van der Waals surface area (Å²) in [6.45, 7) is 0.688. The fraction of sp³-hybridized carbons (Fsp3) is 0.333. The molecule has 4 rings (SSSR count). The van der Waals surface area contributed by atoms with Gasteiger partial charge in [0.1, 0.15) is 6.04 Å². The number of amides is 3. The van der Waals surface area contributed by atoms with Gasteiger partial charge in [-0.1, -0.05) is 47.5 Å². The second kappa shape index (κ2) is 10.1. The van der Waals surface area contributed by atoms with Crippen LogP contribution in [0.5, 0.6) is 0 Å². The number of likely N-dealkylation sites (N-methyl/N-ethyl adjacent to an activating group) is 1. The van der Waals surface area contributed by atoms with Crippen LogP contribution in [0.1, 0.15) is 47.1 Å². The molecule has 0 aliphatic carbocycles. The summed E-state index contributed by atoms with van der Waals surface area (Å²) in [5.74, 6) is -2.05. The normalized spacial score (nSPS) is 20.3. The molecule has 2 N–H and O–H groups in total. The zero-order chi connectivity index (χ0) is 24.4. The van der Waals surface area contributed by atoms with E-state index in [-0.39, 0.29) is 28.9 Å². The van der Waals surface area contributed by atoms with Crippen molar-refractivity contribution in [2.45, 2.75) is 37.8 Å². The van der Waals surface area contributed by atoms with Crippen LogP contribution in [0.25, 0.3) is 0 Å². The van der Waals surface area contributed by atoms with Gasteiger partial charge in [-0.25, -0.2) is 9.59 Å². The Bertz CT molecular complexity index is 1150. The lowest BCUT2D eigenvalue weighted by atomic mass is 9.90. The third-order valence-electron chi connectivity index (χ3n) is 6.10. The van der Waals surface area contributed by atoms with Crippen molar-refractivity contribution in [2.75, 3.05) is 13.6 Å². The Kier molecular flexibility index (Phi) is 7.21. The molecule has 1 saturated heterocycles. The zero-order valence-corrected chi connectivity index (χ0v) is 19.9. The minimum absolute atomic E-state index is 0.0122. The number of imide groups is 1. The second-order valence-electron chi connectivity index (χ2n) is 8.37. The molecule has 8 nitrogen and oxygen atoms in total. The highest BCUT2D eigenvalue weighted by Gasteiger charge is 2.33. The van der Waals surface area contributed by atoms with Gasteiger partial charge in [0.25, 0.3) is 0 Å². The van der Waals surface area contributed by atoms with Gasteiger partial charge in [-0.2, -0.15) is 0 Å². The molecule has 1 fully saturated rings. The Labute approximate surface area is 206 Å². The fourth-order valence-corrected chi connectivity index (χ4v) is 5.19. The predicted octanol–water partition coefficient (Wildman–Crippen LogP) is 3.50. The monoisotopic (exact) mass is 503 g/mol. The number of benzene rings is 2. The highest BCUT2D eigenvalue weighted by Crippen LogP contribution is 2.37. The molecule has 2 atom stereocenters. The Morgan fingerprint density at radius 1 is 1.15 bits per heavy atom. The molecule has 2 heterocycles. The molecule has 2 aliphatic rings. The van der Waals surface area contributed by atoms with Gasteiger partial charge in [-0.15, -0.1) is 0 Å². The number of rotatable bonds is 4. The van der Waals surface area contributed by atoms with E-state index in [0.29, 0.717) is 24.1 Å². The van der Waals surface area contributed by atoms with Crippen molar-refractivity contribution in [1.29, 1.82) is 0 Å². The number of carbonyl (C=O) groups excluding carboxylic acids is 4. The van der Waals surface area contributed by atoms with E-state index in [4.69, 9.17) is 27.9 Å².